The highest BCUT2D eigenvalue weighted by Gasteiger charge is 2.22. The van der Waals surface area contributed by atoms with Crippen molar-refractivity contribution in [2.75, 3.05) is 31.6 Å². The molecule has 114 valence electrons. The number of nitrogens with one attached hydrogen (secondary N) is 2. The minimum atomic E-state index is -0.504. The summed E-state index contributed by atoms with van der Waals surface area (Å²) in [5.74, 6) is -0.609. The molecule has 0 bridgehead atoms. The van der Waals surface area contributed by atoms with Crippen molar-refractivity contribution < 1.29 is 19.1 Å². The Kier molecular flexibility index (Phi) is 5.72. The molecule has 7 heteroatoms. The largest absolute Gasteiger partial charge is 0.462 e. The van der Waals surface area contributed by atoms with Crippen LogP contribution in [0.15, 0.2) is 22.7 Å². The average Bonchev–Trinajstić information content (AvgIpc) is 2.50. The molecule has 2 rings (SSSR count). The summed E-state index contributed by atoms with van der Waals surface area (Å²) in [6.07, 6.45) is -0.504. The van der Waals surface area contributed by atoms with E-state index in [0.717, 1.165) is 6.54 Å². The van der Waals surface area contributed by atoms with Gasteiger partial charge in [-0.2, -0.15) is 0 Å². The van der Waals surface area contributed by atoms with Gasteiger partial charge in [0.15, 0.2) is 0 Å². The number of hydrogen-bond donors (Lipinski definition) is 2. The van der Waals surface area contributed by atoms with Gasteiger partial charge in [0.2, 0.25) is 0 Å². The Bertz CT molecular complexity index is 530. The molecule has 1 unspecified atom stereocenters. The molecule has 0 aliphatic carbocycles. The minimum absolute atomic E-state index is 0.216. The number of amides is 1. The van der Waals surface area contributed by atoms with Gasteiger partial charge in [0.1, 0.15) is 6.10 Å². The zero-order valence-corrected chi connectivity index (χ0v) is 13.2. The lowest BCUT2D eigenvalue weighted by Gasteiger charge is -2.23. The Labute approximate surface area is 131 Å². The van der Waals surface area contributed by atoms with Crippen molar-refractivity contribution in [1.29, 1.82) is 0 Å². The zero-order chi connectivity index (χ0) is 15.2. The summed E-state index contributed by atoms with van der Waals surface area (Å²) >= 11 is 3.34. The van der Waals surface area contributed by atoms with Gasteiger partial charge in [-0.25, -0.2) is 4.79 Å². The van der Waals surface area contributed by atoms with Crippen LogP contribution in [0.5, 0.6) is 0 Å². The predicted molar refractivity (Wildman–Crippen MR) is 81.3 cm³/mol. The van der Waals surface area contributed by atoms with E-state index in [-0.39, 0.29) is 5.91 Å². The summed E-state index contributed by atoms with van der Waals surface area (Å²) in [5, 5.41) is 5.87. The summed E-state index contributed by atoms with van der Waals surface area (Å²) in [6, 6.07) is 4.89. The van der Waals surface area contributed by atoms with E-state index in [2.05, 4.69) is 26.6 Å². The van der Waals surface area contributed by atoms with Gasteiger partial charge in [0, 0.05) is 17.6 Å². The molecular weight excluding hydrogens is 340 g/mol. The molecule has 1 aromatic rings. The lowest BCUT2D eigenvalue weighted by atomic mass is 10.2. The summed E-state index contributed by atoms with van der Waals surface area (Å²) < 4.78 is 10.9. The molecule has 2 N–H and O–H groups in total. The van der Waals surface area contributed by atoms with E-state index in [4.69, 9.17) is 9.47 Å². The monoisotopic (exact) mass is 356 g/mol. The highest BCUT2D eigenvalue weighted by atomic mass is 79.9. The second-order valence-corrected chi connectivity index (χ2v) is 5.32. The summed E-state index contributed by atoms with van der Waals surface area (Å²) in [4.78, 5) is 23.7. The summed E-state index contributed by atoms with van der Waals surface area (Å²) in [5.41, 5.74) is 1.01. The smallest absolute Gasteiger partial charge is 0.338 e. The molecule has 1 atom stereocenters. The van der Waals surface area contributed by atoms with Gasteiger partial charge in [0.05, 0.1) is 24.5 Å². The quantitative estimate of drug-likeness (QED) is 0.800. The molecule has 0 saturated carbocycles. The van der Waals surface area contributed by atoms with Crippen LogP contribution in [0.3, 0.4) is 0 Å². The number of ether oxygens (including phenoxy) is 2. The van der Waals surface area contributed by atoms with Crippen LogP contribution in [0.2, 0.25) is 0 Å². The van der Waals surface area contributed by atoms with E-state index in [0.29, 0.717) is 35.5 Å². The molecule has 21 heavy (non-hydrogen) atoms. The molecule has 1 aromatic carbocycles. The van der Waals surface area contributed by atoms with Gasteiger partial charge in [-0.05, 0) is 41.1 Å². The number of benzene rings is 1. The number of hydrogen-bond acceptors (Lipinski definition) is 5. The maximum absolute atomic E-state index is 12.1. The normalized spacial score (nSPS) is 18.1. The van der Waals surface area contributed by atoms with Crippen LogP contribution >= 0.6 is 15.9 Å². The molecule has 1 aliphatic heterocycles. The third-order valence-corrected chi connectivity index (χ3v) is 3.61. The Morgan fingerprint density at radius 2 is 2.33 bits per heavy atom. The molecular formula is C14H17BrN2O4. The molecule has 0 radical (unpaired) electrons. The van der Waals surface area contributed by atoms with Crippen molar-refractivity contribution in [1.82, 2.24) is 5.32 Å². The standard InChI is InChI=1S/C14H17BrN2O4/c1-2-20-14(19)9-3-4-11(10(15)7-9)17-13(18)12-8-16-5-6-21-12/h3-4,7,12,16H,2,5-6,8H2,1H3,(H,17,18). The molecule has 1 aliphatic rings. The highest BCUT2D eigenvalue weighted by Crippen LogP contribution is 2.24. The molecule has 1 saturated heterocycles. The van der Waals surface area contributed by atoms with Crippen LogP contribution in [-0.2, 0) is 14.3 Å². The average molecular weight is 357 g/mol. The van der Waals surface area contributed by atoms with Crippen molar-refractivity contribution >= 4 is 33.5 Å². The van der Waals surface area contributed by atoms with Gasteiger partial charge in [0.25, 0.3) is 5.91 Å². The second-order valence-electron chi connectivity index (χ2n) is 4.47. The summed E-state index contributed by atoms with van der Waals surface area (Å²) in [6.45, 7) is 3.83. The minimum Gasteiger partial charge on any atom is -0.462 e. The molecule has 1 amide bonds. The summed E-state index contributed by atoms with van der Waals surface area (Å²) in [7, 11) is 0. The van der Waals surface area contributed by atoms with E-state index in [1.165, 1.54) is 0 Å². The second kappa shape index (κ2) is 7.53. The lowest BCUT2D eigenvalue weighted by Crippen LogP contribution is -2.45. The first-order valence-electron chi connectivity index (χ1n) is 6.71. The van der Waals surface area contributed by atoms with Gasteiger partial charge in [-0.3, -0.25) is 4.79 Å². The van der Waals surface area contributed by atoms with Crippen LogP contribution in [-0.4, -0.2) is 44.3 Å². The van der Waals surface area contributed by atoms with E-state index in [1.807, 2.05) is 0 Å². The van der Waals surface area contributed by atoms with Crippen molar-refractivity contribution in [3.05, 3.63) is 28.2 Å². The van der Waals surface area contributed by atoms with E-state index in [1.54, 1.807) is 25.1 Å². The molecule has 1 fully saturated rings. The lowest BCUT2D eigenvalue weighted by molar-refractivity contribution is -0.128. The first-order chi connectivity index (χ1) is 10.1. The van der Waals surface area contributed by atoms with Gasteiger partial charge in [-0.15, -0.1) is 0 Å². The molecule has 1 heterocycles. The number of esters is 1. The Hall–Kier alpha value is -1.44. The molecule has 0 aromatic heterocycles. The third kappa shape index (κ3) is 4.26. The predicted octanol–water partition coefficient (Wildman–Crippen LogP) is 1.55. The topological polar surface area (TPSA) is 76.7 Å². The highest BCUT2D eigenvalue weighted by molar-refractivity contribution is 9.10. The van der Waals surface area contributed by atoms with E-state index < -0.39 is 12.1 Å². The van der Waals surface area contributed by atoms with Crippen LogP contribution < -0.4 is 10.6 Å². The van der Waals surface area contributed by atoms with Crippen LogP contribution in [0.1, 0.15) is 17.3 Å². The Balaban J connectivity index is 2.03. The van der Waals surface area contributed by atoms with Crippen molar-refractivity contribution in [3.63, 3.8) is 0 Å². The molecule has 6 nitrogen and oxygen atoms in total. The third-order valence-electron chi connectivity index (χ3n) is 2.96. The van der Waals surface area contributed by atoms with E-state index >= 15 is 0 Å². The fourth-order valence-electron chi connectivity index (χ4n) is 1.90. The van der Waals surface area contributed by atoms with Crippen molar-refractivity contribution in [2.24, 2.45) is 0 Å². The van der Waals surface area contributed by atoms with Crippen molar-refractivity contribution in [2.45, 2.75) is 13.0 Å². The van der Waals surface area contributed by atoms with Gasteiger partial charge in [-0.1, -0.05) is 0 Å². The number of carbonyl (C=O) groups excluding carboxylic acids is 2. The SMILES string of the molecule is CCOC(=O)c1ccc(NC(=O)C2CNCCO2)c(Br)c1. The van der Waals surface area contributed by atoms with Crippen LogP contribution in [0.4, 0.5) is 5.69 Å². The van der Waals surface area contributed by atoms with E-state index in [9.17, 15) is 9.59 Å². The first kappa shape index (κ1) is 15.9. The number of morpholine rings is 1. The Morgan fingerprint density at radius 1 is 1.52 bits per heavy atom. The number of carbonyl (C=O) groups is 2. The zero-order valence-electron chi connectivity index (χ0n) is 11.6. The number of rotatable bonds is 4. The van der Waals surface area contributed by atoms with Crippen molar-refractivity contribution in [3.8, 4) is 0 Å². The number of anilines is 1. The van der Waals surface area contributed by atoms with Gasteiger partial charge < -0.3 is 20.1 Å². The van der Waals surface area contributed by atoms with Gasteiger partial charge >= 0.3 is 5.97 Å². The number of halogens is 1. The first-order valence-corrected chi connectivity index (χ1v) is 7.51. The van der Waals surface area contributed by atoms with Crippen LogP contribution in [0, 0.1) is 0 Å². The molecule has 0 spiro atoms. The van der Waals surface area contributed by atoms with Crippen LogP contribution in [0.25, 0.3) is 0 Å². The Morgan fingerprint density at radius 3 is 2.95 bits per heavy atom. The fraction of sp³-hybridized carbons (Fsp3) is 0.429. The maximum Gasteiger partial charge on any atom is 0.338 e. The fourth-order valence-corrected chi connectivity index (χ4v) is 2.38. The maximum atomic E-state index is 12.1.